The van der Waals surface area contributed by atoms with E-state index in [4.69, 9.17) is 23.2 Å². The summed E-state index contributed by atoms with van der Waals surface area (Å²) in [6.45, 7) is 0. The SMILES string of the molecule is O=C(Cc1ccc(Cl)c(F)c1)c1c(F)cccc1Cl. The summed E-state index contributed by atoms with van der Waals surface area (Å²) >= 11 is 11.3. The minimum absolute atomic E-state index is 0.0277. The summed E-state index contributed by atoms with van der Waals surface area (Å²) in [5.41, 5.74) is 0.228. The summed E-state index contributed by atoms with van der Waals surface area (Å²) in [5, 5.41) is 0.0135. The van der Waals surface area contributed by atoms with Gasteiger partial charge in [0.15, 0.2) is 5.78 Å². The molecule has 5 heteroatoms. The van der Waals surface area contributed by atoms with E-state index in [2.05, 4.69) is 0 Å². The second-order valence-corrected chi connectivity index (χ2v) is 4.76. The Hall–Kier alpha value is -1.45. The molecule has 0 fully saturated rings. The standard InChI is InChI=1S/C14H8Cl2F2O/c15-9-5-4-8(6-12(9)18)7-13(19)14-10(16)2-1-3-11(14)17/h1-6H,7H2. The molecule has 0 unspecified atom stereocenters. The summed E-state index contributed by atoms with van der Waals surface area (Å²) in [6.07, 6.45) is -0.144. The molecule has 19 heavy (non-hydrogen) atoms. The third-order valence-electron chi connectivity index (χ3n) is 2.59. The van der Waals surface area contributed by atoms with Crippen LogP contribution >= 0.6 is 23.2 Å². The van der Waals surface area contributed by atoms with Gasteiger partial charge in [-0.3, -0.25) is 4.79 Å². The summed E-state index contributed by atoms with van der Waals surface area (Å²) in [5.74, 6) is -1.82. The summed E-state index contributed by atoms with van der Waals surface area (Å²) < 4.78 is 26.8. The Morgan fingerprint density at radius 1 is 1.00 bits per heavy atom. The van der Waals surface area contributed by atoms with E-state index in [1.54, 1.807) is 0 Å². The molecule has 0 N–H and O–H groups in total. The first-order valence-electron chi connectivity index (χ1n) is 5.40. The Bertz CT molecular complexity index is 621. The fourth-order valence-electron chi connectivity index (χ4n) is 1.69. The van der Waals surface area contributed by atoms with Crippen LogP contribution in [0.2, 0.25) is 10.0 Å². The van der Waals surface area contributed by atoms with Crippen LogP contribution in [0.1, 0.15) is 15.9 Å². The van der Waals surface area contributed by atoms with Crippen LogP contribution < -0.4 is 0 Å². The second kappa shape index (κ2) is 5.68. The zero-order valence-electron chi connectivity index (χ0n) is 9.59. The fraction of sp³-hybridized carbons (Fsp3) is 0.0714. The maximum Gasteiger partial charge on any atom is 0.171 e. The molecule has 0 aliphatic heterocycles. The van der Waals surface area contributed by atoms with Gasteiger partial charge in [0, 0.05) is 6.42 Å². The zero-order chi connectivity index (χ0) is 14.0. The number of benzene rings is 2. The van der Waals surface area contributed by atoms with Gasteiger partial charge in [-0.1, -0.05) is 35.3 Å². The maximum atomic E-state index is 13.5. The normalized spacial score (nSPS) is 10.5. The quantitative estimate of drug-likeness (QED) is 0.751. The van der Waals surface area contributed by atoms with Gasteiger partial charge < -0.3 is 0 Å². The minimum Gasteiger partial charge on any atom is -0.294 e. The molecule has 2 aromatic carbocycles. The topological polar surface area (TPSA) is 17.1 Å². The van der Waals surface area contributed by atoms with E-state index in [9.17, 15) is 13.6 Å². The molecule has 0 saturated carbocycles. The largest absolute Gasteiger partial charge is 0.294 e. The van der Waals surface area contributed by atoms with Gasteiger partial charge in [0.2, 0.25) is 0 Å². The molecule has 98 valence electrons. The van der Waals surface area contributed by atoms with Gasteiger partial charge in [0.25, 0.3) is 0 Å². The second-order valence-electron chi connectivity index (χ2n) is 3.95. The van der Waals surface area contributed by atoms with E-state index >= 15 is 0 Å². The lowest BCUT2D eigenvalue weighted by molar-refractivity contribution is 0.0989. The van der Waals surface area contributed by atoms with E-state index in [0.29, 0.717) is 5.56 Å². The Labute approximate surface area is 118 Å². The van der Waals surface area contributed by atoms with Crippen molar-refractivity contribution in [2.24, 2.45) is 0 Å². The molecule has 2 aromatic rings. The lowest BCUT2D eigenvalue weighted by atomic mass is 10.0. The Morgan fingerprint density at radius 3 is 2.37 bits per heavy atom. The van der Waals surface area contributed by atoms with Gasteiger partial charge in [0.1, 0.15) is 11.6 Å². The van der Waals surface area contributed by atoms with Crippen molar-refractivity contribution in [1.82, 2.24) is 0 Å². The van der Waals surface area contributed by atoms with Crippen molar-refractivity contribution in [1.29, 1.82) is 0 Å². The number of carbonyl (C=O) groups is 1. The Balaban J connectivity index is 2.28. The molecule has 0 saturated heterocycles. The van der Waals surface area contributed by atoms with Crippen molar-refractivity contribution in [3.05, 3.63) is 69.2 Å². The lowest BCUT2D eigenvalue weighted by Gasteiger charge is -2.05. The maximum absolute atomic E-state index is 13.5. The number of carbonyl (C=O) groups excluding carboxylic acids is 1. The summed E-state index contributed by atoms with van der Waals surface area (Å²) in [6, 6.07) is 8.01. The average molecular weight is 301 g/mol. The van der Waals surface area contributed by atoms with Gasteiger partial charge >= 0.3 is 0 Å². The molecule has 0 aromatic heterocycles. The number of halogens is 4. The molecular formula is C14H8Cl2F2O. The monoisotopic (exact) mass is 300 g/mol. The van der Waals surface area contributed by atoms with Crippen molar-refractivity contribution >= 4 is 29.0 Å². The highest BCUT2D eigenvalue weighted by Crippen LogP contribution is 2.22. The van der Waals surface area contributed by atoms with E-state index in [-0.39, 0.29) is 22.0 Å². The summed E-state index contributed by atoms with van der Waals surface area (Å²) in [4.78, 5) is 12.0. The molecule has 2 rings (SSSR count). The average Bonchev–Trinajstić information content (AvgIpc) is 2.33. The molecule has 0 atom stereocenters. The van der Waals surface area contributed by atoms with Crippen LogP contribution in [0.4, 0.5) is 8.78 Å². The van der Waals surface area contributed by atoms with Crippen LogP contribution in [0.15, 0.2) is 36.4 Å². The molecule has 0 amide bonds. The molecule has 0 aliphatic rings. The van der Waals surface area contributed by atoms with Crippen LogP contribution in [0.25, 0.3) is 0 Å². The molecular weight excluding hydrogens is 293 g/mol. The molecule has 0 heterocycles. The van der Waals surface area contributed by atoms with Crippen molar-refractivity contribution in [3.63, 3.8) is 0 Å². The smallest absolute Gasteiger partial charge is 0.171 e. The van der Waals surface area contributed by atoms with Gasteiger partial charge in [0.05, 0.1) is 15.6 Å². The van der Waals surface area contributed by atoms with E-state index in [1.807, 2.05) is 0 Å². The number of hydrogen-bond acceptors (Lipinski definition) is 1. The number of rotatable bonds is 3. The Morgan fingerprint density at radius 2 is 1.74 bits per heavy atom. The van der Waals surface area contributed by atoms with Gasteiger partial charge in [-0.15, -0.1) is 0 Å². The highest BCUT2D eigenvalue weighted by molar-refractivity contribution is 6.34. The van der Waals surface area contributed by atoms with Crippen LogP contribution in [0.5, 0.6) is 0 Å². The van der Waals surface area contributed by atoms with Crippen molar-refractivity contribution in [2.75, 3.05) is 0 Å². The minimum atomic E-state index is -0.688. The van der Waals surface area contributed by atoms with Crippen molar-refractivity contribution in [2.45, 2.75) is 6.42 Å². The number of ketones is 1. The fourth-order valence-corrected chi connectivity index (χ4v) is 2.07. The number of Topliss-reactive ketones (excluding diaryl/α,β-unsaturated/α-hetero) is 1. The zero-order valence-corrected chi connectivity index (χ0v) is 11.1. The highest BCUT2D eigenvalue weighted by atomic mass is 35.5. The lowest BCUT2D eigenvalue weighted by Crippen LogP contribution is -2.07. The first-order chi connectivity index (χ1) is 8.99. The highest BCUT2D eigenvalue weighted by Gasteiger charge is 2.16. The summed E-state index contributed by atoms with van der Waals surface area (Å²) in [7, 11) is 0. The van der Waals surface area contributed by atoms with Gasteiger partial charge in [-0.25, -0.2) is 8.78 Å². The van der Waals surface area contributed by atoms with Crippen LogP contribution in [0, 0.1) is 11.6 Å². The first-order valence-corrected chi connectivity index (χ1v) is 6.16. The van der Waals surface area contributed by atoms with E-state index in [1.165, 1.54) is 24.3 Å². The van der Waals surface area contributed by atoms with Crippen molar-refractivity contribution < 1.29 is 13.6 Å². The molecule has 0 aliphatic carbocycles. The molecule has 0 radical (unpaired) electrons. The first kappa shape index (κ1) is 14.0. The van der Waals surface area contributed by atoms with Crippen LogP contribution in [0.3, 0.4) is 0 Å². The van der Waals surface area contributed by atoms with Gasteiger partial charge in [-0.05, 0) is 29.8 Å². The van der Waals surface area contributed by atoms with Crippen molar-refractivity contribution in [3.8, 4) is 0 Å². The van der Waals surface area contributed by atoms with Crippen LogP contribution in [-0.4, -0.2) is 5.78 Å². The van der Waals surface area contributed by atoms with E-state index in [0.717, 1.165) is 12.1 Å². The Kier molecular flexibility index (Phi) is 4.17. The third kappa shape index (κ3) is 3.11. The third-order valence-corrected chi connectivity index (χ3v) is 3.21. The van der Waals surface area contributed by atoms with E-state index < -0.39 is 17.4 Å². The predicted octanol–water partition coefficient (Wildman–Crippen LogP) is 4.70. The van der Waals surface area contributed by atoms with Gasteiger partial charge in [-0.2, -0.15) is 0 Å². The number of hydrogen-bond donors (Lipinski definition) is 0. The predicted molar refractivity (Wildman–Crippen MR) is 70.9 cm³/mol. The van der Waals surface area contributed by atoms with Crippen LogP contribution in [-0.2, 0) is 6.42 Å². The molecule has 0 spiro atoms. The molecule has 0 bridgehead atoms. The molecule has 1 nitrogen and oxygen atoms in total.